The van der Waals surface area contributed by atoms with Crippen molar-refractivity contribution in [3.63, 3.8) is 0 Å². The van der Waals surface area contributed by atoms with Crippen LogP contribution in [0, 0.1) is 0 Å². The summed E-state index contributed by atoms with van der Waals surface area (Å²) in [4.78, 5) is 28.8. The molecule has 1 unspecified atom stereocenters. The maximum atomic E-state index is 11.9. The Balaban J connectivity index is 1.78. The van der Waals surface area contributed by atoms with E-state index in [-0.39, 0.29) is 17.6 Å². The number of hydrogen-bond acceptors (Lipinski definition) is 4. The topological polar surface area (TPSA) is 82.5 Å². The number of anilines is 2. The third-order valence-corrected chi connectivity index (χ3v) is 4.09. The largest absolute Gasteiger partial charge is 0.477 e. The molecule has 0 bridgehead atoms. The number of amides is 1. The number of carboxylic acid groups (broad SMARTS) is 1. The molecule has 1 aliphatic rings. The number of aromatic carboxylic acids is 1. The fraction of sp³-hybridized carbons (Fsp3) is 0.278. The van der Waals surface area contributed by atoms with Crippen LogP contribution in [0.4, 0.5) is 11.5 Å². The van der Waals surface area contributed by atoms with Gasteiger partial charge >= 0.3 is 5.97 Å². The molecule has 0 spiro atoms. The van der Waals surface area contributed by atoms with Gasteiger partial charge in [-0.05, 0) is 43.2 Å². The lowest BCUT2D eigenvalue weighted by molar-refractivity contribution is -0.117. The highest BCUT2D eigenvalue weighted by molar-refractivity contribution is 5.95. The highest BCUT2D eigenvalue weighted by Crippen LogP contribution is 2.26. The summed E-state index contributed by atoms with van der Waals surface area (Å²) in [6.45, 7) is 2.73. The summed E-state index contributed by atoms with van der Waals surface area (Å²) in [5.74, 6) is -0.394. The number of carbonyl (C=O) groups is 2. The molecule has 1 fully saturated rings. The van der Waals surface area contributed by atoms with Crippen molar-refractivity contribution in [2.24, 2.45) is 0 Å². The second-order valence-electron chi connectivity index (χ2n) is 5.82. The van der Waals surface area contributed by atoms with Gasteiger partial charge in [0.15, 0.2) is 5.69 Å². The summed E-state index contributed by atoms with van der Waals surface area (Å²) >= 11 is 0. The standard InChI is InChI=1S/C18H19N3O3/c1-12(19-16-8-3-7-15(20-16)18(23)24)13-5-2-6-14(11-13)21-10-4-9-17(21)22/h2-3,5-8,11-12H,4,9-10H2,1H3,(H,19,20)(H,23,24). The second kappa shape index (κ2) is 6.70. The van der Waals surface area contributed by atoms with Gasteiger partial charge in [0.05, 0.1) is 6.04 Å². The summed E-state index contributed by atoms with van der Waals surface area (Å²) in [7, 11) is 0. The van der Waals surface area contributed by atoms with Crippen molar-refractivity contribution in [2.75, 3.05) is 16.8 Å². The lowest BCUT2D eigenvalue weighted by atomic mass is 10.1. The number of aromatic nitrogens is 1. The molecule has 1 amide bonds. The van der Waals surface area contributed by atoms with E-state index in [9.17, 15) is 9.59 Å². The van der Waals surface area contributed by atoms with Gasteiger partial charge in [-0.25, -0.2) is 9.78 Å². The normalized spacial score (nSPS) is 15.4. The van der Waals surface area contributed by atoms with E-state index in [1.165, 1.54) is 6.07 Å². The minimum absolute atomic E-state index is 0.00335. The van der Waals surface area contributed by atoms with Crippen molar-refractivity contribution in [2.45, 2.75) is 25.8 Å². The van der Waals surface area contributed by atoms with Crippen LogP contribution in [-0.2, 0) is 4.79 Å². The van der Waals surface area contributed by atoms with Crippen molar-refractivity contribution in [3.8, 4) is 0 Å². The predicted octanol–water partition coefficient (Wildman–Crippen LogP) is 3.08. The van der Waals surface area contributed by atoms with Crippen LogP contribution in [0.25, 0.3) is 0 Å². The summed E-state index contributed by atoms with van der Waals surface area (Å²) in [5, 5.41) is 12.2. The Labute approximate surface area is 140 Å². The second-order valence-corrected chi connectivity index (χ2v) is 5.82. The van der Waals surface area contributed by atoms with Crippen molar-refractivity contribution >= 4 is 23.4 Å². The Morgan fingerprint density at radius 3 is 2.79 bits per heavy atom. The van der Waals surface area contributed by atoms with E-state index in [2.05, 4.69) is 10.3 Å². The maximum absolute atomic E-state index is 11.9. The Kier molecular flexibility index (Phi) is 4.46. The lowest BCUT2D eigenvalue weighted by Gasteiger charge is -2.20. The lowest BCUT2D eigenvalue weighted by Crippen LogP contribution is -2.23. The van der Waals surface area contributed by atoms with Gasteiger partial charge in [-0.15, -0.1) is 0 Å². The molecule has 0 aliphatic carbocycles. The molecule has 124 valence electrons. The van der Waals surface area contributed by atoms with E-state index in [0.29, 0.717) is 12.2 Å². The molecular formula is C18H19N3O3. The minimum atomic E-state index is -1.05. The molecule has 3 rings (SSSR count). The van der Waals surface area contributed by atoms with Crippen molar-refractivity contribution in [1.29, 1.82) is 0 Å². The molecule has 2 heterocycles. The molecular weight excluding hydrogens is 306 g/mol. The first kappa shape index (κ1) is 16.0. The van der Waals surface area contributed by atoms with Gasteiger partial charge in [0.25, 0.3) is 0 Å². The van der Waals surface area contributed by atoms with Crippen molar-refractivity contribution in [1.82, 2.24) is 4.98 Å². The quantitative estimate of drug-likeness (QED) is 0.883. The number of nitrogens with zero attached hydrogens (tertiary/aromatic N) is 2. The molecule has 2 aromatic rings. The van der Waals surface area contributed by atoms with Gasteiger partial charge in [-0.1, -0.05) is 18.2 Å². The van der Waals surface area contributed by atoms with E-state index in [4.69, 9.17) is 5.11 Å². The zero-order valence-corrected chi connectivity index (χ0v) is 13.4. The Morgan fingerprint density at radius 2 is 2.08 bits per heavy atom. The number of benzene rings is 1. The summed E-state index contributed by atoms with van der Waals surface area (Å²) in [6, 6.07) is 12.6. The van der Waals surface area contributed by atoms with Crippen LogP contribution >= 0.6 is 0 Å². The smallest absolute Gasteiger partial charge is 0.354 e. The molecule has 6 nitrogen and oxygen atoms in total. The third-order valence-electron chi connectivity index (χ3n) is 4.09. The Bertz CT molecular complexity index is 776. The van der Waals surface area contributed by atoms with Crippen LogP contribution in [0.5, 0.6) is 0 Å². The van der Waals surface area contributed by atoms with E-state index >= 15 is 0 Å². The van der Waals surface area contributed by atoms with Crippen molar-refractivity contribution in [3.05, 3.63) is 53.7 Å². The summed E-state index contributed by atoms with van der Waals surface area (Å²) in [5.41, 5.74) is 1.91. The molecule has 1 atom stereocenters. The van der Waals surface area contributed by atoms with Gasteiger partial charge < -0.3 is 15.3 Å². The zero-order valence-electron chi connectivity index (χ0n) is 13.4. The molecule has 1 saturated heterocycles. The Hall–Kier alpha value is -2.89. The minimum Gasteiger partial charge on any atom is -0.477 e. The molecule has 1 aliphatic heterocycles. The van der Waals surface area contributed by atoms with Crippen molar-refractivity contribution < 1.29 is 14.7 Å². The SMILES string of the molecule is CC(Nc1cccc(C(=O)O)n1)c1cccc(N2CCCC2=O)c1. The number of rotatable bonds is 5. The highest BCUT2D eigenvalue weighted by atomic mass is 16.4. The number of carbonyl (C=O) groups excluding carboxylic acids is 1. The zero-order chi connectivity index (χ0) is 17.1. The number of carboxylic acids is 1. The molecule has 1 aromatic carbocycles. The molecule has 1 aromatic heterocycles. The average molecular weight is 325 g/mol. The first-order valence-electron chi connectivity index (χ1n) is 7.92. The van der Waals surface area contributed by atoms with Gasteiger partial charge in [0.2, 0.25) is 5.91 Å². The van der Waals surface area contributed by atoms with E-state index in [0.717, 1.165) is 24.2 Å². The van der Waals surface area contributed by atoms with Gasteiger partial charge in [0, 0.05) is 18.7 Å². The molecule has 2 N–H and O–H groups in total. The summed E-state index contributed by atoms with van der Waals surface area (Å²) < 4.78 is 0. The van der Waals surface area contributed by atoms with Crippen LogP contribution in [0.1, 0.15) is 41.9 Å². The van der Waals surface area contributed by atoms with Gasteiger partial charge in [0.1, 0.15) is 5.82 Å². The predicted molar refractivity (Wildman–Crippen MR) is 91.3 cm³/mol. The fourth-order valence-corrected chi connectivity index (χ4v) is 2.82. The molecule has 0 radical (unpaired) electrons. The monoisotopic (exact) mass is 325 g/mol. The van der Waals surface area contributed by atoms with Crippen LogP contribution in [-0.4, -0.2) is 28.5 Å². The number of hydrogen-bond donors (Lipinski definition) is 2. The van der Waals surface area contributed by atoms with E-state index < -0.39 is 5.97 Å². The average Bonchev–Trinajstić information content (AvgIpc) is 3.01. The molecule has 6 heteroatoms. The Morgan fingerprint density at radius 1 is 1.29 bits per heavy atom. The summed E-state index contributed by atoms with van der Waals surface area (Å²) in [6.07, 6.45) is 1.49. The van der Waals surface area contributed by atoms with Crippen LogP contribution in [0.3, 0.4) is 0 Å². The first-order chi connectivity index (χ1) is 11.5. The number of pyridine rings is 1. The van der Waals surface area contributed by atoms with E-state index in [1.54, 1.807) is 17.0 Å². The van der Waals surface area contributed by atoms with Crippen LogP contribution in [0.15, 0.2) is 42.5 Å². The molecule has 24 heavy (non-hydrogen) atoms. The maximum Gasteiger partial charge on any atom is 0.354 e. The van der Waals surface area contributed by atoms with Gasteiger partial charge in [-0.2, -0.15) is 0 Å². The fourth-order valence-electron chi connectivity index (χ4n) is 2.82. The van der Waals surface area contributed by atoms with Crippen LogP contribution < -0.4 is 10.2 Å². The number of nitrogens with one attached hydrogen (secondary N) is 1. The van der Waals surface area contributed by atoms with E-state index in [1.807, 2.05) is 31.2 Å². The van der Waals surface area contributed by atoms with Crippen LogP contribution in [0.2, 0.25) is 0 Å². The highest BCUT2D eigenvalue weighted by Gasteiger charge is 2.22. The third kappa shape index (κ3) is 3.37. The van der Waals surface area contributed by atoms with Gasteiger partial charge in [-0.3, -0.25) is 4.79 Å². The first-order valence-corrected chi connectivity index (χ1v) is 7.92. The molecule has 0 saturated carbocycles.